The monoisotopic (exact) mass is 391 g/mol. The van der Waals surface area contributed by atoms with Gasteiger partial charge < -0.3 is 19.5 Å². The Bertz CT molecular complexity index is 719. The summed E-state index contributed by atoms with van der Waals surface area (Å²) in [7, 11) is 1.67. The number of aromatic nitrogens is 2. The molecule has 0 bridgehead atoms. The summed E-state index contributed by atoms with van der Waals surface area (Å²) in [5.41, 5.74) is 2.00. The van der Waals surface area contributed by atoms with Crippen LogP contribution in [-0.2, 0) is 22.4 Å². The van der Waals surface area contributed by atoms with Crippen LogP contribution >= 0.6 is 0 Å². The molecule has 1 saturated heterocycles. The first kappa shape index (κ1) is 19.9. The van der Waals surface area contributed by atoms with Gasteiger partial charge in [0.15, 0.2) is 5.69 Å². The van der Waals surface area contributed by atoms with Crippen molar-refractivity contribution in [3.8, 4) is 0 Å². The van der Waals surface area contributed by atoms with Gasteiger partial charge in [-0.2, -0.15) is 5.10 Å². The molecule has 1 amide bonds. The lowest BCUT2D eigenvalue weighted by molar-refractivity contribution is -0.0862. The molecular weight excluding hydrogens is 358 g/mol. The highest BCUT2D eigenvalue weighted by Gasteiger charge is 2.44. The minimum absolute atomic E-state index is 0.00984. The van der Waals surface area contributed by atoms with Crippen LogP contribution in [0.5, 0.6) is 0 Å². The number of ether oxygens (including phenoxy) is 2. The summed E-state index contributed by atoms with van der Waals surface area (Å²) in [5.74, 6) is 0.411. The summed E-state index contributed by atoms with van der Waals surface area (Å²) in [4.78, 5) is 15.2. The standard InChI is InChI=1S/C21H33N3O4/c1-14-13-17-18(22-24(11-12-27-3)19(17)15(2)28-14)20(25)23-9-7-21(26,8-10-23)16-5-4-6-16/h14-16,26H,4-13H2,1-3H3/t14-,15+/m1/s1. The van der Waals surface area contributed by atoms with Crippen LogP contribution in [-0.4, -0.2) is 64.2 Å². The minimum Gasteiger partial charge on any atom is -0.389 e. The van der Waals surface area contributed by atoms with Gasteiger partial charge in [0.1, 0.15) is 0 Å². The van der Waals surface area contributed by atoms with Crippen molar-refractivity contribution < 1.29 is 19.4 Å². The average Bonchev–Trinajstić information content (AvgIpc) is 2.97. The van der Waals surface area contributed by atoms with Gasteiger partial charge in [0.25, 0.3) is 5.91 Å². The number of piperidine rings is 1. The number of hydrogen-bond acceptors (Lipinski definition) is 5. The van der Waals surface area contributed by atoms with Crippen LogP contribution in [0.15, 0.2) is 0 Å². The second-order valence-electron chi connectivity index (χ2n) is 8.74. The van der Waals surface area contributed by atoms with E-state index < -0.39 is 5.60 Å². The molecule has 2 fully saturated rings. The van der Waals surface area contributed by atoms with Crippen molar-refractivity contribution in [3.63, 3.8) is 0 Å². The predicted octanol–water partition coefficient (Wildman–Crippen LogP) is 2.32. The zero-order chi connectivity index (χ0) is 19.9. The molecule has 4 rings (SSSR count). The van der Waals surface area contributed by atoms with Crippen LogP contribution in [0.25, 0.3) is 0 Å². The molecule has 1 saturated carbocycles. The Kier molecular flexibility index (Phi) is 5.51. The maximum Gasteiger partial charge on any atom is 0.274 e. The molecule has 2 aliphatic heterocycles. The van der Waals surface area contributed by atoms with E-state index in [0.29, 0.717) is 57.1 Å². The molecule has 1 aromatic heterocycles. The van der Waals surface area contributed by atoms with Gasteiger partial charge in [0, 0.05) is 32.2 Å². The summed E-state index contributed by atoms with van der Waals surface area (Å²) in [5, 5.41) is 15.6. The summed E-state index contributed by atoms with van der Waals surface area (Å²) < 4.78 is 13.1. The van der Waals surface area contributed by atoms with E-state index in [0.717, 1.165) is 24.1 Å². The SMILES string of the molecule is COCCn1nc(C(=O)N2CCC(O)(C3CCC3)CC2)c2c1[C@H](C)O[C@H](C)C2. The van der Waals surface area contributed by atoms with Gasteiger partial charge in [-0.05, 0) is 45.4 Å². The van der Waals surface area contributed by atoms with E-state index in [2.05, 4.69) is 0 Å². The zero-order valence-corrected chi connectivity index (χ0v) is 17.3. The van der Waals surface area contributed by atoms with Gasteiger partial charge in [-0.3, -0.25) is 9.48 Å². The minimum atomic E-state index is -0.580. The first-order chi connectivity index (χ1) is 13.4. The molecule has 156 valence electrons. The fraction of sp³-hybridized carbons (Fsp3) is 0.810. The third-order valence-electron chi connectivity index (χ3n) is 6.90. The van der Waals surface area contributed by atoms with Crippen LogP contribution < -0.4 is 0 Å². The van der Waals surface area contributed by atoms with Crippen molar-refractivity contribution in [2.75, 3.05) is 26.8 Å². The largest absolute Gasteiger partial charge is 0.389 e. The van der Waals surface area contributed by atoms with E-state index >= 15 is 0 Å². The molecule has 3 heterocycles. The van der Waals surface area contributed by atoms with Crippen molar-refractivity contribution in [2.45, 2.75) is 76.7 Å². The van der Waals surface area contributed by atoms with Crippen LogP contribution in [0.1, 0.15) is 73.8 Å². The topological polar surface area (TPSA) is 76.8 Å². The number of carbonyl (C=O) groups excluding carboxylic acids is 1. The summed E-state index contributed by atoms with van der Waals surface area (Å²) in [6.45, 7) is 6.42. The molecule has 7 nitrogen and oxygen atoms in total. The highest BCUT2D eigenvalue weighted by Crippen LogP contribution is 2.42. The number of rotatable bonds is 5. The van der Waals surface area contributed by atoms with Crippen molar-refractivity contribution in [1.82, 2.24) is 14.7 Å². The Balaban J connectivity index is 1.54. The van der Waals surface area contributed by atoms with E-state index in [1.54, 1.807) is 7.11 Å². The third-order valence-corrected chi connectivity index (χ3v) is 6.90. The zero-order valence-electron chi connectivity index (χ0n) is 17.3. The Hall–Kier alpha value is -1.44. The summed E-state index contributed by atoms with van der Waals surface area (Å²) in [6.07, 6.45) is 5.49. The molecular formula is C21H33N3O4. The molecule has 2 atom stereocenters. The molecule has 3 aliphatic rings. The Morgan fingerprint density at radius 2 is 2.04 bits per heavy atom. The van der Waals surface area contributed by atoms with Gasteiger partial charge in [-0.1, -0.05) is 6.42 Å². The summed E-state index contributed by atoms with van der Waals surface area (Å²) in [6, 6.07) is 0. The lowest BCUT2D eigenvalue weighted by Crippen LogP contribution is -2.52. The molecule has 28 heavy (non-hydrogen) atoms. The number of fused-ring (bicyclic) bond motifs is 1. The number of aliphatic hydroxyl groups is 1. The molecule has 1 aliphatic carbocycles. The molecule has 0 radical (unpaired) electrons. The number of carbonyl (C=O) groups is 1. The van der Waals surface area contributed by atoms with Gasteiger partial charge in [-0.25, -0.2) is 0 Å². The van der Waals surface area contributed by atoms with Crippen molar-refractivity contribution in [2.24, 2.45) is 5.92 Å². The van der Waals surface area contributed by atoms with Gasteiger partial charge in [0.05, 0.1) is 36.7 Å². The van der Waals surface area contributed by atoms with E-state index in [1.165, 1.54) is 6.42 Å². The predicted molar refractivity (Wildman–Crippen MR) is 104 cm³/mol. The maximum absolute atomic E-state index is 13.3. The number of amides is 1. The quantitative estimate of drug-likeness (QED) is 0.834. The second kappa shape index (κ2) is 7.76. The van der Waals surface area contributed by atoms with Gasteiger partial charge >= 0.3 is 0 Å². The normalized spacial score (nSPS) is 27.4. The molecule has 0 aromatic carbocycles. The van der Waals surface area contributed by atoms with E-state index in [-0.39, 0.29) is 18.1 Å². The first-order valence-electron chi connectivity index (χ1n) is 10.7. The molecule has 0 spiro atoms. The molecule has 7 heteroatoms. The molecule has 1 aromatic rings. The smallest absolute Gasteiger partial charge is 0.274 e. The Morgan fingerprint density at radius 3 is 2.64 bits per heavy atom. The average molecular weight is 392 g/mol. The fourth-order valence-corrected chi connectivity index (χ4v) is 5.04. The summed E-state index contributed by atoms with van der Waals surface area (Å²) >= 11 is 0. The van der Waals surface area contributed by atoms with Crippen LogP contribution in [0.4, 0.5) is 0 Å². The first-order valence-corrected chi connectivity index (χ1v) is 10.7. The number of methoxy groups -OCH3 is 1. The highest BCUT2D eigenvalue weighted by molar-refractivity contribution is 5.94. The highest BCUT2D eigenvalue weighted by atomic mass is 16.5. The molecule has 0 unspecified atom stereocenters. The van der Waals surface area contributed by atoms with E-state index in [4.69, 9.17) is 14.6 Å². The van der Waals surface area contributed by atoms with E-state index in [9.17, 15) is 9.90 Å². The fourth-order valence-electron chi connectivity index (χ4n) is 5.04. The molecule has 1 N–H and O–H groups in total. The number of likely N-dealkylation sites (tertiary alicyclic amines) is 1. The van der Waals surface area contributed by atoms with Crippen LogP contribution in [0.3, 0.4) is 0 Å². The number of hydrogen-bond donors (Lipinski definition) is 1. The van der Waals surface area contributed by atoms with Crippen molar-refractivity contribution in [3.05, 3.63) is 17.0 Å². The van der Waals surface area contributed by atoms with Crippen LogP contribution in [0, 0.1) is 5.92 Å². The van der Waals surface area contributed by atoms with Gasteiger partial charge in [0.2, 0.25) is 0 Å². The van der Waals surface area contributed by atoms with Crippen molar-refractivity contribution in [1.29, 1.82) is 0 Å². The number of nitrogens with zero attached hydrogens (tertiary/aromatic N) is 3. The maximum atomic E-state index is 13.3. The van der Waals surface area contributed by atoms with E-state index in [1.807, 2.05) is 23.4 Å². The second-order valence-corrected chi connectivity index (χ2v) is 8.74. The Labute approximate surface area is 167 Å². The van der Waals surface area contributed by atoms with Crippen LogP contribution in [0.2, 0.25) is 0 Å². The Morgan fingerprint density at radius 1 is 1.32 bits per heavy atom. The lowest BCUT2D eigenvalue weighted by Gasteiger charge is -2.46. The lowest BCUT2D eigenvalue weighted by atomic mass is 9.69. The van der Waals surface area contributed by atoms with Gasteiger partial charge in [-0.15, -0.1) is 0 Å². The van der Waals surface area contributed by atoms with Crippen molar-refractivity contribution >= 4 is 5.91 Å². The third kappa shape index (κ3) is 3.48.